The largest absolute Gasteiger partial charge is 0.497 e. The van der Waals surface area contributed by atoms with Crippen LogP contribution in [0.25, 0.3) is 0 Å². The van der Waals surface area contributed by atoms with E-state index in [1.165, 1.54) is 24.0 Å². The molecule has 142 valence electrons. The van der Waals surface area contributed by atoms with Crippen molar-refractivity contribution in [3.63, 3.8) is 0 Å². The summed E-state index contributed by atoms with van der Waals surface area (Å²) in [5.74, 6) is 2.75. The van der Waals surface area contributed by atoms with Crippen LogP contribution in [0.1, 0.15) is 70.4 Å². The van der Waals surface area contributed by atoms with E-state index < -0.39 is 0 Å². The molecule has 0 radical (unpaired) electrons. The monoisotopic (exact) mass is 356 g/mol. The molecule has 26 heavy (non-hydrogen) atoms. The summed E-state index contributed by atoms with van der Waals surface area (Å²) in [6.07, 6.45) is 5.76. The Kier molecular flexibility index (Phi) is 4.13. The molecule has 0 aliphatic heterocycles. The van der Waals surface area contributed by atoms with Gasteiger partial charge in [-0.05, 0) is 78.5 Å². The van der Waals surface area contributed by atoms with Crippen molar-refractivity contribution in [3.8, 4) is 5.75 Å². The highest BCUT2D eigenvalue weighted by Crippen LogP contribution is 2.63. The molecule has 1 aromatic carbocycles. The molecule has 2 fully saturated rings. The average molecular weight is 357 g/mol. The number of methoxy groups -OCH3 is 1. The second-order valence-electron chi connectivity index (χ2n) is 9.86. The highest BCUT2D eigenvalue weighted by atomic mass is 16.5. The minimum atomic E-state index is -0.130. The van der Waals surface area contributed by atoms with Crippen LogP contribution in [0.3, 0.4) is 0 Å². The molecule has 0 heterocycles. The van der Waals surface area contributed by atoms with Crippen molar-refractivity contribution >= 4 is 5.97 Å². The molecule has 3 nitrogen and oxygen atoms in total. The molecule has 0 amide bonds. The third-order valence-corrected chi connectivity index (χ3v) is 7.63. The third kappa shape index (κ3) is 2.75. The maximum absolute atomic E-state index is 11.8. The first-order valence-electron chi connectivity index (χ1n) is 10.1. The predicted molar refractivity (Wildman–Crippen MR) is 102 cm³/mol. The molecular formula is C23H32O3. The van der Waals surface area contributed by atoms with Gasteiger partial charge in [0, 0.05) is 12.3 Å². The van der Waals surface area contributed by atoms with Crippen LogP contribution in [0.15, 0.2) is 18.2 Å². The number of carbonyl (C=O) groups excluding carboxylic acids is 1. The van der Waals surface area contributed by atoms with Gasteiger partial charge in [-0.25, -0.2) is 0 Å². The highest BCUT2D eigenvalue weighted by molar-refractivity contribution is 5.66. The van der Waals surface area contributed by atoms with Gasteiger partial charge >= 0.3 is 5.97 Å². The highest BCUT2D eigenvalue weighted by Gasteiger charge is 2.58. The normalized spacial score (nSPS) is 37.3. The zero-order chi connectivity index (χ0) is 18.7. The second-order valence-corrected chi connectivity index (χ2v) is 9.86. The van der Waals surface area contributed by atoms with E-state index in [1.807, 2.05) is 0 Å². The van der Waals surface area contributed by atoms with E-state index in [4.69, 9.17) is 9.47 Å². The van der Waals surface area contributed by atoms with Crippen LogP contribution in [0.4, 0.5) is 0 Å². The van der Waals surface area contributed by atoms with Crippen LogP contribution < -0.4 is 4.74 Å². The van der Waals surface area contributed by atoms with Crippen molar-refractivity contribution in [3.05, 3.63) is 29.3 Å². The Hall–Kier alpha value is -1.51. The Bertz CT molecular complexity index is 722. The molecule has 0 spiro atoms. The molecule has 3 heteroatoms. The van der Waals surface area contributed by atoms with Crippen LogP contribution in [-0.4, -0.2) is 19.2 Å². The fraction of sp³-hybridized carbons (Fsp3) is 0.696. The Labute approximate surface area is 157 Å². The summed E-state index contributed by atoms with van der Waals surface area (Å²) < 4.78 is 11.4. The van der Waals surface area contributed by atoms with E-state index >= 15 is 0 Å². The number of ether oxygens (including phenoxy) is 2. The lowest BCUT2D eigenvalue weighted by Gasteiger charge is -2.57. The van der Waals surface area contributed by atoms with E-state index in [0.717, 1.165) is 25.0 Å². The van der Waals surface area contributed by atoms with Crippen molar-refractivity contribution in [2.45, 2.75) is 71.8 Å². The van der Waals surface area contributed by atoms with Gasteiger partial charge in [-0.2, -0.15) is 0 Å². The summed E-state index contributed by atoms with van der Waals surface area (Å²) in [4.78, 5) is 11.8. The number of fused-ring (bicyclic) bond motifs is 5. The number of rotatable bonds is 2. The van der Waals surface area contributed by atoms with Gasteiger partial charge in [-0.3, -0.25) is 4.79 Å². The predicted octanol–water partition coefficient (Wildman–Crippen LogP) is 5.12. The lowest BCUT2D eigenvalue weighted by Crippen LogP contribution is -2.54. The van der Waals surface area contributed by atoms with Gasteiger partial charge < -0.3 is 9.47 Å². The number of benzene rings is 1. The zero-order valence-electron chi connectivity index (χ0n) is 16.8. The molecule has 3 aliphatic rings. The van der Waals surface area contributed by atoms with Crippen molar-refractivity contribution in [1.82, 2.24) is 0 Å². The summed E-state index contributed by atoms with van der Waals surface area (Å²) in [7, 11) is 1.74. The van der Waals surface area contributed by atoms with Crippen molar-refractivity contribution in [1.29, 1.82) is 0 Å². The summed E-state index contributed by atoms with van der Waals surface area (Å²) in [6.45, 7) is 8.64. The maximum Gasteiger partial charge on any atom is 0.302 e. The molecule has 2 saturated carbocycles. The maximum atomic E-state index is 11.8. The average Bonchev–Trinajstić information content (AvgIpc) is 2.93. The second kappa shape index (κ2) is 6.00. The quantitative estimate of drug-likeness (QED) is 0.690. The SMILES string of the molecule is COc1ccc2c(c1)C[C@H]1[C@@H]2CC[C@]2(C)[C@@H](OC(C)=O)CC(C)(C)C[C@@H]12. The Balaban J connectivity index is 1.69. The zero-order valence-corrected chi connectivity index (χ0v) is 16.8. The molecule has 1 aromatic rings. The minimum Gasteiger partial charge on any atom is -0.497 e. The van der Waals surface area contributed by atoms with Crippen LogP contribution in [0, 0.1) is 22.7 Å². The number of hydrogen-bond acceptors (Lipinski definition) is 3. The lowest BCUT2D eigenvalue weighted by molar-refractivity contribution is -0.177. The van der Waals surface area contributed by atoms with Crippen LogP contribution in [0.2, 0.25) is 0 Å². The van der Waals surface area contributed by atoms with Gasteiger partial charge in [-0.15, -0.1) is 0 Å². The van der Waals surface area contributed by atoms with E-state index in [9.17, 15) is 4.79 Å². The van der Waals surface area contributed by atoms with Crippen molar-refractivity contribution in [2.24, 2.45) is 22.7 Å². The molecule has 5 atom stereocenters. The first kappa shape index (κ1) is 17.9. The first-order chi connectivity index (χ1) is 12.2. The van der Waals surface area contributed by atoms with Gasteiger partial charge in [0.05, 0.1) is 7.11 Å². The molecular weight excluding hydrogens is 324 g/mol. The molecule has 0 unspecified atom stereocenters. The molecule has 3 aliphatic carbocycles. The van der Waals surface area contributed by atoms with E-state index in [2.05, 4.69) is 39.0 Å². The van der Waals surface area contributed by atoms with Gasteiger partial charge in [0.15, 0.2) is 0 Å². The van der Waals surface area contributed by atoms with Gasteiger partial charge in [-0.1, -0.05) is 26.8 Å². The first-order valence-corrected chi connectivity index (χ1v) is 10.1. The molecule has 0 N–H and O–H groups in total. The van der Waals surface area contributed by atoms with Crippen molar-refractivity contribution in [2.75, 3.05) is 7.11 Å². The summed E-state index contributed by atoms with van der Waals surface area (Å²) in [5.41, 5.74) is 3.33. The fourth-order valence-corrected chi connectivity index (χ4v) is 6.38. The minimum absolute atomic E-state index is 0.0490. The Morgan fingerprint density at radius 2 is 1.96 bits per heavy atom. The summed E-state index contributed by atoms with van der Waals surface area (Å²) in [5, 5.41) is 0. The van der Waals surface area contributed by atoms with E-state index in [0.29, 0.717) is 17.8 Å². The summed E-state index contributed by atoms with van der Waals surface area (Å²) in [6, 6.07) is 6.64. The summed E-state index contributed by atoms with van der Waals surface area (Å²) >= 11 is 0. The Morgan fingerprint density at radius 1 is 1.19 bits per heavy atom. The van der Waals surface area contributed by atoms with E-state index in [-0.39, 0.29) is 22.9 Å². The lowest BCUT2D eigenvalue weighted by atomic mass is 9.49. The van der Waals surface area contributed by atoms with Gasteiger partial charge in [0.1, 0.15) is 11.9 Å². The fourth-order valence-electron chi connectivity index (χ4n) is 6.38. The molecule has 4 rings (SSSR count). The van der Waals surface area contributed by atoms with E-state index in [1.54, 1.807) is 14.0 Å². The standard InChI is InChI=1S/C23H32O3/c1-14(24)26-21-13-22(2,3)12-20-19-11-15-10-16(25-5)6-7-17(15)18(19)8-9-23(20,21)4/h6-7,10,18-21H,8-9,11-13H2,1-5H3/t18-,19+,20+,21+,23+/m1/s1. The van der Waals surface area contributed by atoms with Crippen molar-refractivity contribution < 1.29 is 14.3 Å². The van der Waals surface area contributed by atoms with Crippen LogP contribution in [-0.2, 0) is 16.0 Å². The molecule has 0 bridgehead atoms. The van der Waals surface area contributed by atoms with Crippen LogP contribution in [0.5, 0.6) is 5.75 Å². The Morgan fingerprint density at radius 3 is 2.65 bits per heavy atom. The smallest absolute Gasteiger partial charge is 0.302 e. The number of carbonyl (C=O) groups is 1. The number of hydrogen-bond donors (Lipinski definition) is 0. The molecule has 0 aromatic heterocycles. The van der Waals surface area contributed by atoms with Gasteiger partial charge in [0.25, 0.3) is 0 Å². The number of esters is 1. The van der Waals surface area contributed by atoms with Crippen LogP contribution >= 0.6 is 0 Å². The topological polar surface area (TPSA) is 35.5 Å². The van der Waals surface area contributed by atoms with Gasteiger partial charge in [0.2, 0.25) is 0 Å². The third-order valence-electron chi connectivity index (χ3n) is 7.63. The molecule has 0 saturated heterocycles.